The van der Waals surface area contributed by atoms with Gasteiger partial charge in [0.05, 0.1) is 16.7 Å². The number of halogens is 1. The Morgan fingerprint density at radius 3 is 2.75 bits per heavy atom. The second-order valence-electron chi connectivity index (χ2n) is 5.81. The molecule has 0 radical (unpaired) electrons. The van der Waals surface area contributed by atoms with Crippen molar-refractivity contribution in [1.82, 2.24) is 5.32 Å². The molecular weight excluding hydrogens is 348 g/mol. The highest BCUT2D eigenvalue weighted by molar-refractivity contribution is 7.91. The van der Waals surface area contributed by atoms with Crippen LogP contribution in [0.2, 0.25) is 5.02 Å². The Morgan fingerprint density at radius 1 is 1.21 bits per heavy atom. The van der Waals surface area contributed by atoms with Gasteiger partial charge < -0.3 is 10.6 Å². The Kier molecular flexibility index (Phi) is 4.51. The number of carbonyl (C=O) groups is 1. The summed E-state index contributed by atoms with van der Waals surface area (Å²) in [6.07, 6.45) is 0.316. The molecule has 126 valence electrons. The van der Waals surface area contributed by atoms with E-state index in [-0.39, 0.29) is 16.7 Å². The molecule has 0 unspecified atom stereocenters. The average Bonchev–Trinajstić information content (AvgIpc) is 2.50. The van der Waals surface area contributed by atoms with Crippen molar-refractivity contribution in [2.45, 2.75) is 24.3 Å². The zero-order valence-corrected chi connectivity index (χ0v) is 14.6. The molecule has 7 heteroatoms. The minimum Gasteiger partial charge on any atom is -0.331 e. The number of nitrogens with one attached hydrogen (secondary N) is 2. The Hall–Kier alpha value is -2.05. The third-order valence-electron chi connectivity index (χ3n) is 3.94. The Labute approximate surface area is 145 Å². The SMILES string of the molecule is Cc1cccc(NC(=O)N[C@H]2CCS(=O)(=O)c3ccc(Cl)cc32)c1. The molecule has 3 rings (SSSR count). The van der Waals surface area contributed by atoms with Gasteiger partial charge in [-0.25, -0.2) is 13.2 Å². The first-order valence-electron chi connectivity index (χ1n) is 7.51. The molecule has 0 saturated carbocycles. The molecule has 0 spiro atoms. The first-order valence-corrected chi connectivity index (χ1v) is 9.54. The molecular formula is C17H17ClN2O3S. The second kappa shape index (κ2) is 6.45. The number of rotatable bonds is 2. The highest BCUT2D eigenvalue weighted by Crippen LogP contribution is 2.34. The predicted octanol–water partition coefficient (Wildman–Crippen LogP) is 3.69. The lowest BCUT2D eigenvalue weighted by Gasteiger charge is -2.26. The van der Waals surface area contributed by atoms with E-state index < -0.39 is 15.9 Å². The molecule has 1 heterocycles. The van der Waals surface area contributed by atoms with Gasteiger partial charge in [-0.3, -0.25) is 0 Å². The van der Waals surface area contributed by atoms with Gasteiger partial charge >= 0.3 is 6.03 Å². The molecule has 2 aromatic rings. The van der Waals surface area contributed by atoms with E-state index in [4.69, 9.17) is 11.6 Å². The molecule has 0 fully saturated rings. The molecule has 1 atom stereocenters. The topological polar surface area (TPSA) is 75.3 Å². The molecule has 0 aliphatic carbocycles. The van der Waals surface area contributed by atoms with Gasteiger partial charge in [0, 0.05) is 10.7 Å². The maximum absolute atomic E-state index is 12.2. The fraction of sp³-hybridized carbons (Fsp3) is 0.235. The van der Waals surface area contributed by atoms with Crippen LogP contribution in [0.1, 0.15) is 23.6 Å². The number of amides is 2. The molecule has 0 aromatic heterocycles. The van der Waals surface area contributed by atoms with Crippen LogP contribution < -0.4 is 10.6 Å². The van der Waals surface area contributed by atoms with E-state index in [0.29, 0.717) is 22.7 Å². The summed E-state index contributed by atoms with van der Waals surface area (Å²) >= 11 is 6.00. The highest BCUT2D eigenvalue weighted by Gasteiger charge is 2.31. The summed E-state index contributed by atoms with van der Waals surface area (Å²) in [5.41, 5.74) is 2.25. The van der Waals surface area contributed by atoms with E-state index in [1.807, 2.05) is 25.1 Å². The lowest BCUT2D eigenvalue weighted by molar-refractivity contribution is 0.248. The minimum absolute atomic E-state index is 0.00295. The predicted molar refractivity (Wildman–Crippen MR) is 94.2 cm³/mol. The van der Waals surface area contributed by atoms with Crippen LogP contribution in [0.5, 0.6) is 0 Å². The van der Waals surface area contributed by atoms with Crippen LogP contribution in [0.15, 0.2) is 47.4 Å². The van der Waals surface area contributed by atoms with Crippen molar-refractivity contribution in [2.24, 2.45) is 0 Å². The molecule has 2 amide bonds. The molecule has 2 N–H and O–H groups in total. The van der Waals surface area contributed by atoms with Gasteiger partial charge in [0.1, 0.15) is 0 Å². The summed E-state index contributed by atoms with van der Waals surface area (Å²) in [4.78, 5) is 12.5. The van der Waals surface area contributed by atoms with Gasteiger partial charge in [-0.15, -0.1) is 0 Å². The summed E-state index contributed by atoms with van der Waals surface area (Å²) in [5, 5.41) is 6.04. The zero-order chi connectivity index (χ0) is 17.3. The maximum Gasteiger partial charge on any atom is 0.319 e. The largest absolute Gasteiger partial charge is 0.331 e. The molecule has 1 aliphatic rings. The molecule has 24 heavy (non-hydrogen) atoms. The maximum atomic E-state index is 12.2. The number of aryl methyl sites for hydroxylation is 1. The van der Waals surface area contributed by atoms with Gasteiger partial charge in [-0.05, 0) is 54.8 Å². The average molecular weight is 365 g/mol. The fourth-order valence-corrected chi connectivity index (χ4v) is 4.59. The van der Waals surface area contributed by atoms with Crippen molar-refractivity contribution < 1.29 is 13.2 Å². The first kappa shape index (κ1) is 16.8. The van der Waals surface area contributed by atoms with Crippen molar-refractivity contribution in [3.63, 3.8) is 0 Å². The zero-order valence-electron chi connectivity index (χ0n) is 13.0. The van der Waals surface area contributed by atoms with Gasteiger partial charge in [0.2, 0.25) is 0 Å². The second-order valence-corrected chi connectivity index (χ2v) is 8.32. The number of carbonyl (C=O) groups excluding carboxylic acids is 1. The Balaban J connectivity index is 1.81. The van der Waals surface area contributed by atoms with E-state index in [9.17, 15) is 13.2 Å². The van der Waals surface area contributed by atoms with Crippen LogP contribution >= 0.6 is 11.6 Å². The normalized spacial score (nSPS) is 18.5. The quantitative estimate of drug-likeness (QED) is 0.853. The number of sulfone groups is 1. The number of fused-ring (bicyclic) bond motifs is 1. The molecule has 2 aromatic carbocycles. The van der Waals surface area contributed by atoms with E-state index in [1.165, 1.54) is 6.07 Å². The standard InChI is InChI=1S/C17H17ClN2O3S/c1-11-3-2-4-13(9-11)19-17(21)20-15-7-8-24(22,23)16-6-5-12(18)10-14(15)16/h2-6,9-10,15H,7-8H2,1H3,(H2,19,20,21)/t15-/m0/s1. The van der Waals surface area contributed by atoms with Crippen molar-refractivity contribution in [3.05, 3.63) is 58.6 Å². The number of urea groups is 1. The summed E-state index contributed by atoms with van der Waals surface area (Å²) in [5.74, 6) is -0.00295. The van der Waals surface area contributed by atoms with Crippen LogP contribution in [0.4, 0.5) is 10.5 Å². The third-order valence-corrected chi connectivity index (χ3v) is 5.99. The summed E-state index contributed by atoms with van der Waals surface area (Å²) < 4.78 is 24.3. The highest BCUT2D eigenvalue weighted by atomic mass is 35.5. The number of hydrogen-bond donors (Lipinski definition) is 2. The molecule has 0 bridgehead atoms. The summed E-state index contributed by atoms with van der Waals surface area (Å²) in [7, 11) is -3.32. The Morgan fingerprint density at radius 2 is 2.00 bits per heavy atom. The van der Waals surface area contributed by atoms with Crippen molar-refractivity contribution in [2.75, 3.05) is 11.1 Å². The van der Waals surface area contributed by atoms with Crippen molar-refractivity contribution >= 4 is 33.2 Å². The monoisotopic (exact) mass is 364 g/mol. The van der Waals surface area contributed by atoms with Crippen molar-refractivity contribution in [3.8, 4) is 0 Å². The number of benzene rings is 2. The minimum atomic E-state index is -3.32. The third kappa shape index (κ3) is 3.55. The van der Waals surface area contributed by atoms with E-state index in [0.717, 1.165) is 5.56 Å². The van der Waals surface area contributed by atoms with Crippen LogP contribution in [0.3, 0.4) is 0 Å². The lowest BCUT2D eigenvalue weighted by atomic mass is 10.0. The van der Waals surface area contributed by atoms with Crippen LogP contribution in [-0.4, -0.2) is 20.2 Å². The molecule has 0 saturated heterocycles. The molecule has 5 nitrogen and oxygen atoms in total. The fourth-order valence-electron chi connectivity index (χ4n) is 2.81. The van der Waals surface area contributed by atoms with Crippen LogP contribution in [0.25, 0.3) is 0 Å². The van der Waals surface area contributed by atoms with Gasteiger partial charge in [-0.2, -0.15) is 0 Å². The number of hydrogen-bond acceptors (Lipinski definition) is 3. The van der Waals surface area contributed by atoms with Gasteiger partial charge in [0.15, 0.2) is 9.84 Å². The number of anilines is 1. The summed E-state index contributed by atoms with van der Waals surface area (Å²) in [6.45, 7) is 1.94. The van der Waals surface area contributed by atoms with Gasteiger partial charge in [0.25, 0.3) is 0 Å². The van der Waals surface area contributed by atoms with Crippen molar-refractivity contribution in [1.29, 1.82) is 0 Å². The van der Waals surface area contributed by atoms with E-state index >= 15 is 0 Å². The lowest BCUT2D eigenvalue weighted by Crippen LogP contribution is -2.36. The van der Waals surface area contributed by atoms with Crippen LogP contribution in [-0.2, 0) is 9.84 Å². The van der Waals surface area contributed by atoms with E-state index in [1.54, 1.807) is 18.2 Å². The first-order chi connectivity index (χ1) is 11.3. The van der Waals surface area contributed by atoms with Crippen LogP contribution in [0, 0.1) is 6.92 Å². The van der Waals surface area contributed by atoms with Gasteiger partial charge in [-0.1, -0.05) is 23.7 Å². The van der Waals surface area contributed by atoms with E-state index in [2.05, 4.69) is 10.6 Å². The smallest absolute Gasteiger partial charge is 0.319 e. The summed E-state index contributed by atoms with van der Waals surface area (Å²) in [6, 6.07) is 11.3. The molecule has 1 aliphatic heterocycles. The Bertz CT molecular complexity index is 896.